The number of likely N-dealkylation sites (tertiary alicyclic amines) is 1. The molecule has 7 heteroatoms. The van der Waals surface area contributed by atoms with Crippen LogP contribution in [0.5, 0.6) is 0 Å². The van der Waals surface area contributed by atoms with Crippen molar-refractivity contribution in [1.29, 1.82) is 0 Å². The summed E-state index contributed by atoms with van der Waals surface area (Å²) in [6.45, 7) is 8.41. The molecule has 2 heterocycles. The molecule has 0 bridgehead atoms. The summed E-state index contributed by atoms with van der Waals surface area (Å²) in [6, 6.07) is 2.20. The maximum atomic E-state index is 5.16. The average molecular weight is 480 g/mol. The Kier molecular flexibility index (Phi) is 11.7. The number of nitrogens with one attached hydrogen (secondary N) is 2. The van der Waals surface area contributed by atoms with Crippen LogP contribution in [0.25, 0.3) is 0 Å². The molecule has 1 unspecified atom stereocenters. The van der Waals surface area contributed by atoms with Gasteiger partial charge < -0.3 is 20.3 Å². The van der Waals surface area contributed by atoms with Gasteiger partial charge in [0.1, 0.15) is 0 Å². The molecule has 1 aromatic rings. The van der Waals surface area contributed by atoms with Crippen LogP contribution in [-0.2, 0) is 4.74 Å². The molecule has 0 saturated carbocycles. The van der Waals surface area contributed by atoms with Crippen molar-refractivity contribution >= 4 is 41.3 Å². The number of guanidine groups is 1. The lowest BCUT2D eigenvalue weighted by atomic mass is 9.97. The number of hydrogen-bond donors (Lipinski definition) is 2. The lowest BCUT2D eigenvalue weighted by molar-refractivity contribution is 0.121. The van der Waals surface area contributed by atoms with Crippen molar-refractivity contribution in [3.63, 3.8) is 0 Å². The van der Waals surface area contributed by atoms with E-state index in [1.165, 1.54) is 31.5 Å². The molecular formula is C18H33IN4OS. The van der Waals surface area contributed by atoms with Crippen molar-refractivity contribution in [3.8, 4) is 0 Å². The molecule has 2 N–H and O–H groups in total. The van der Waals surface area contributed by atoms with E-state index in [0.717, 1.165) is 38.1 Å². The summed E-state index contributed by atoms with van der Waals surface area (Å²) in [7, 11) is 3.62. The number of nitrogens with zero attached hydrogens (tertiary/aromatic N) is 2. The molecule has 5 nitrogen and oxygen atoms in total. The highest BCUT2D eigenvalue weighted by molar-refractivity contribution is 14.0. The highest BCUT2D eigenvalue weighted by atomic mass is 127. The monoisotopic (exact) mass is 480 g/mol. The number of thiophene rings is 1. The summed E-state index contributed by atoms with van der Waals surface area (Å²) < 4.78 is 5.16. The van der Waals surface area contributed by atoms with Crippen molar-refractivity contribution in [2.45, 2.75) is 25.7 Å². The normalized spacial score (nSPS) is 17.8. The fraction of sp³-hybridized carbons (Fsp3) is 0.722. The second-order valence-corrected chi connectivity index (χ2v) is 7.35. The Balaban J connectivity index is 0.00000312. The average Bonchev–Trinajstić information content (AvgIpc) is 3.15. The molecule has 25 heavy (non-hydrogen) atoms. The van der Waals surface area contributed by atoms with Gasteiger partial charge in [-0.15, -0.1) is 24.0 Å². The van der Waals surface area contributed by atoms with Crippen molar-refractivity contribution < 1.29 is 4.74 Å². The molecule has 0 aromatic carbocycles. The third-order valence-corrected chi connectivity index (χ3v) is 5.49. The van der Waals surface area contributed by atoms with E-state index in [-0.39, 0.29) is 24.0 Å². The zero-order valence-electron chi connectivity index (χ0n) is 15.7. The predicted molar refractivity (Wildman–Crippen MR) is 119 cm³/mol. The van der Waals surface area contributed by atoms with E-state index in [4.69, 9.17) is 4.74 Å². The van der Waals surface area contributed by atoms with Gasteiger partial charge >= 0.3 is 0 Å². The third-order valence-electron chi connectivity index (χ3n) is 4.79. The topological polar surface area (TPSA) is 48.9 Å². The molecule has 1 saturated heterocycles. The summed E-state index contributed by atoms with van der Waals surface area (Å²) in [6.07, 6.45) is 2.50. The predicted octanol–water partition coefficient (Wildman–Crippen LogP) is 2.99. The van der Waals surface area contributed by atoms with Gasteiger partial charge in [-0.25, -0.2) is 0 Å². The van der Waals surface area contributed by atoms with Crippen LogP contribution in [0.1, 0.15) is 31.2 Å². The number of hydrogen-bond acceptors (Lipinski definition) is 4. The summed E-state index contributed by atoms with van der Waals surface area (Å²) in [5, 5.41) is 11.3. The summed E-state index contributed by atoms with van der Waals surface area (Å²) in [4.78, 5) is 6.85. The zero-order chi connectivity index (χ0) is 17.2. The van der Waals surface area contributed by atoms with Gasteiger partial charge in [-0.05, 0) is 60.2 Å². The van der Waals surface area contributed by atoms with E-state index in [1.807, 2.05) is 7.05 Å². The number of piperidine rings is 1. The Labute approximate surface area is 173 Å². The standard InChI is InChI=1S/C18H32N4OS.HI/c1-15(17-6-11-24-14-17)12-20-18(19-2)21-13-16-4-7-22(8-5-16)9-10-23-3;/h6,11,14-16H,4-5,7-10,12-13H2,1-3H3,(H2,19,20,21);1H. The smallest absolute Gasteiger partial charge is 0.191 e. The minimum Gasteiger partial charge on any atom is -0.383 e. The summed E-state index contributed by atoms with van der Waals surface area (Å²) >= 11 is 1.76. The summed E-state index contributed by atoms with van der Waals surface area (Å²) in [5.74, 6) is 2.15. The Morgan fingerprint density at radius 3 is 2.76 bits per heavy atom. The Morgan fingerprint density at radius 2 is 2.16 bits per heavy atom. The number of methoxy groups -OCH3 is 1. The van der Waals surface area contributed by atoms with Crippen LogP contribution in [0.15, 0.2) is 21.8 Å². The first-order valence-electron chi connectivity index (χ1n) is 8.90. The zero-order valence-corrected chi connectivity index (χ0v) is 18.8. The van der Waals surface area contributed by atoms with E-state index in [1.54, 1.807) is 18.4 Å². The van der Waals surface area contributed by atoms with Crippen LogP contribution in [0.3, 0.4) is 0 Å². The highest BCUT2D eigenvalue weighted by Crippen LogP contribution is 2.17. The van der Waals surface area contributed by atoms with E-state index in [2.05, 4.69) is 44.3 Å². The molecule has 0 aliphatic carbocycles. The number of aliphatic imine (C=N–C) groups is 1. The second kappa shape index (κ2) is 12.9. The first-order chi connectivity index (χ1) is 11.7. The van der Waals surface area contributed by atoms with Crippen LogP contribution >= 0.6 is 35.3 Å². The third kappa shape index (κ3) is 8.23. The van der Waals surface area contributed by atoms with Crippen molar-refractivity contribution in [1.82, 2.24) is 15.5 Å². The lowest BCUT2D eigenvalue weighted by Gasteiger charge is -2.32. The minimum absolute atomic E-state index is 0. The van der Waals surface area contributed by atoms with E-state index in [0.29, 0.717) is 5.92 Å². The van der Waals surface area contributed by atoms with Gasteiger partial charge in [-0.2, -0.15) is 11.3 Å². The van der Waals surface area contributed by atoms with Crippen LogP contribution < -0.4 is 10.6 Å². The fourth-order valence-electron chi connectivity index (χ4n) is 3.02. The van der Waals surface area contributed by atoms with Gasteiger partial charge in [0.2, 0.25) is 0 Å². The molecule has 0 amide bonds. The molecule has 0 spiro atoms. The maximum Gasteiger partial charge on any atom is 0.191 e. The van der Waals surface area contributed by atoms with Crippen LogP contribution in [0, 0.1) is 5.92 Å². The van der Waals surface area contributed by atoms with Gasteiger partial charge in [0, 0.05) is 33.8 Å². The van der Waals surface area contributed by atoms with Crippen molar-refractivity contribution in [3.05, 3.63) is 22.4 Å². The minimum atomic E-state index is 0. The summed E-state index contributed by atoms with van der Waals surface area (Å²) in [5.41, 5.74) is 1.39. The second-order valence-electron chi connectivity index (χ2n) is 6.57. The van der Waals surface area contributed by atoms with Crippen molar-refractivity contribution in [2.75, 3.05) is 53.5 Å². The first-order valence-corrected chi connectivity index (χ1v) is 9.85. The van der Waals surface area contributed by atoms with Gasteiger partial charge in [-0.3, -0.25) is 4.99 Å². The Morgan fingerprint density at radius 1 is 1.40 bits per heavy atom. The first kappa shape index (κ1) is 22.7. The van der Waals surface area contributed by atoms with E-state index >= 15 is 0 Å². The molecule has 1 aliphatic rings. The van der Waals surface area contributed by atoms with Gasteiger partial charge in [0.05, 0.1) is 6.61 Å². The molecule has 1 atom stereocenters. The van der Waals surface area contributed by atoms with Crippen molar-refractivity contribution in [2.24, 2.45) is 10.9 Å². The molecule has 1 aliphatic heterocycles. The van der Waals surface area contributed by atoms with E-state index < -0.39 is 0 Å². The number of ether oxygens (including phenoxy) is 1. The fourth-order valence-corrected chi connectivity index (χ4v) is 3.80. The van der Waals surface area contributed by atoms with Crippen LogP contribution in [-0.4, -0.2) is 64.3 Å². The van der Waals surface area contributed by atoms with Gasteiger partial charge in [-0.1, -0.05) is 6.92 Å². The Bertz CT molecular complexity index is 475. The molecule has 1 fully saturated rings. The van der Waals surface area contributed by atoms with Gasteiger partial charge in [0.15, 0.2) is 5.96 Å². The van der Waals surface area contributed by atoms with Gasteiger partial charge in [0.25, 0.3) is 0 Å². The quantitative estimate of drug-likeness (QED) is 0.341. The Hall–Kier alpha value is -0.380. The molecule has 144 valence electrons. The maximum absolute atomic E-state index is 5.16. The van der Waals surface area contributed by atoms with Crippen LogP contribution in [0.2, 0.25) is 0 Å². The molecule has 2 rings (SSSR count). The highest BCUT2D eigenvalue weighted by Gasteiger charge is 2.19. The molecule has 0 radical (unpaired) electrons. The SMILES string of the molecule is CN=C(NCC1CCN(CCOC)CC1)NCC(C)c1ccsc1.I. The number of rotatable bonds is 8. The molecular weight excluding hydrogens is 447 g/mol. The molecule has 1 aromatic heterocycles. The largest absolute Gasteiger partial charge is 0.383 e. The van der Waals surface area contributed by atoms with Crippen LogP contribution in [0.4, 0.5) is 0 Å². The lowest BCUT2D eigenvalue weighted by Crippen LogP contribution is -2.44. The number of halogens is 1. The van der Waals surface area contributed by atoms with E-state index in [9.17, 15) is 0 Å².